The van der Waals surface area contributed by atoms with Gasteiger partial charge in [0.1, 0.15) is 0 Å². The first-order valence-electron chi connectivity index (χ1n) is 4.26. The predicted octanol–water partition coefficient (Wildman–Crippen LogP) is 1.52. The van der Waals surface area contributed by atoms with Crippen LogP contribution < -0.4 is 0 Å². The van der Waals surface area contributed by atoms with Crippen LogP contribution in [0.2, 0.25) is 0 Å². The number of benzene rings is 1. The first kappa shape index (κ1) is 10.7. The van der Waals surface area contributed by atoms with E-state index in [9.17, 15) is 0 Å². The van der Waals surface area contributed by atoms with Crippen molar-refractivity contribution < 1.29 is 10.2 Å². The topological polar surface area (TPSA) is 40.5 Å². The molecule has 0 fully saturated rings. The third kappa shape index (κ3) is 3.46. The zero-order valence-electron chi connectivity index (χ0n) is 7.33. The van der Waals surface area contributed by atoms with E-state index in [0.717, 1.165) is 15.6 Å². The van der Waals surface area contributed by atoms with Crippen LogP contribution in [-0.4, -0.2) is 23.4 Å². The molecule has 2 N–H and O–H groups in total. The van der Waals surface area contributed by atoms with E-state index in [-0.39, 0.29) is 13.2 Å². The van der Waals surface area contributed by atoms with Crippen molar-refractivity contribution in [3.63, 3.8) is 0 Å². The van der Waals surface area contributed by atoms with E-state index >= 15 is 0 Å². The fourth-order valence-corrected chi connectivity index (χ4v) is 1.85. The minimum Gasteiger partial charge on any atom is -0.396 e. The molecule has 0 bridgehead atoms. The Balaban J connectivity index is 2.83. The van der Waals surface area contributed by atoms with E-state index in [1.54, 1.807) is 0 Å². The molecule has 0 atom stereocenters. The van der Waals surface area contributed by atoms with Gasteiger partial charge < -0.3 is 10.2 Å². The first-order chi connectivity index (χ1) is 6.26. The van der Waals surface area contributed by atoms with Crippen molar-refractivity contribution in [3.8, 4) is 0 Å². The highest BCUT2D eigenvalue weighted by Crippen LogP contribution is 2.16. The molecule has 3 heteroatoms. The van der Waals surface area contributed by atoms with E-state index in [4.69, 9.17) is 10.2 Å². The van der Waals surface area contributed by atoms with Gasteiger partial charge in [0.15, 0.2) is 0 Å². The largest absolute Gasteiger partial charge is 0.396 e. The summed E-state index contributed by atoms with van der Waals surface area (Å²) in [6, 6.07) is 5.98. The molecule has 1 aromatic rings. The quantitative estimate of drug-likeness (QED) is 0.844. The highest BCUT2D eigenvalue weighted by molar-refractivity contribution is 9.10. The van der Waals surface area contributed by atoms with Gasteiger partial charge in [-0.05, 0) is 36.1 Å². The minimum atomic E-state index is 0.162. The summed E-state index contributed by atoms with van der Waals surface area (Å²) in [5, 5.41) is 17.5. The van der Waals surface area contributed by atoms with Gasteiger partial charge in [-0.25, -0.2) is 0 Å². The van der Waals surface area contributed by atoms with Crippen LogP contribution >= 0.6 is 15.9 Å². The molecule has 0 aromatic heterocycles. The van der Waals surface area contributed by atoms with Gasteiger partial charge in [-0.15, -0.1) is 0 Å². The summed E-state index contributed by atoms with van der Waals surface area (Å²) in [5.41, 5.74) is 2.20. The smallest absolute Gasteiger partial charge is 0.0471 e. The van der Waals surface area contributed by atoms with Crippen molar-refractivity contribution in [2.24, 2.45) is 0 Å². The molecule has 0 aliphatic carbocycles. The van der Waals surface area contributed by atoms with E-state index in [2.05, 4.69) is 15.9 Å². The maximum Gasteiger partial charge on any atom is 0.0471 e. The molecular weight excluding hydrogens is 232 g/mol. The zero-order chi connectivity index (χ0) is 9.68. The summed E-state index contributed by atoms with van der Waals surface area (Å²) >= 11 is 3.39. The van der Waals surface area contributed by atoms with Crippen LogP contribution in [0.4, 0.5) is 0 Å². The lowest BCUT2D eigenvalue weighted by Gasteiger charge is -2.04. The molecule has 0 saturated carbocycles. The van der Waals surface area contributed by atoms with Crippen LogP contribution in [0.1, 0.15) is 11.1 Å². The molecule has 13 heavy (non-hydrogen) atoms. The maximum atomic E-state index is 8.77. The molecule has 0 radical (unpaired) electrons. The molecule has 0 saturated heterocycles. The molecule has 0 aliphatic heterocycles. The van der Waals surface area contributed by atoms with E-state index in [1.165, 1.54) is 0 Å². The highest BCUT2D eigenvalue weighted by Gasteiger charge is 1.98. The average Bonchev–Trinajstić information content (AvgIpc) is 2.04. The van der Waals surface area contributed by atoms with Crippen LogP contribution in [0.25, 0.3) is 0 Å². The Labute approximate surface area is 86.3 Å². The summed E-state index contributed by atoms with van der Waals surface area (Å²) in [6.45, 7) is 0.323. The van der Waals surface area contributed by atoms with Gasteiger partial charge in [-0.1, -0.05) is 22.0 Å². The Morgan fingerprint density at radius 3 is 1.77 bits per heavy atom. The molecule has 2 nitrogen and oxygen atoms in total. The molecular formula is C10H13BrO2. The fraction of sp³-hybridized carbons (Fsp3) is 0.400. The van der Waals surface area contributed by atoms with Gasteiger partial charge in [0.05, 0.1) is 0 Å². The van der Waals surface area contributed by atoms with E-state index in [1.807, 2.05) is 18.2 Å². The van der Waals surface area contributed by atoms with E-state index in [0.29, 0.717) is 12.8 Å². The highest BCUT2D eigenvalue weighted by atomic mass is 79.9. The van der Waals surface area contributed by atoms with Gasteiger partial charge in [-0.2, -0.15) is 0 Å². The number of hydrogen-bond donors (Lipinski definition) is 2. The van der Waals surface area contributed by atoms with Crippen molar-refractivity contribution in [1.29, 1.82) is 0 Å². The monoisotopic (exact) mass is 244 g/mol. The standard InChI is InChI=1S/C10H13BrO2/c11-10-6-8(1-3-12)5-9(7-10)2-4-13/h5-7,12-13H,1-4H2. The normalized spacial score (nSPS) is 10.4. The zero-order valence-corrected chi connectivity index (χ0v) is 8.92. The molecule has 0 amide bonds. The molecule has 72 valence electrons. The third-order valence-corrected chi connectivity index (χ3v) is 2.28. The summed E-state index contributed by atoms with van der Waals surface area (Å²) in [6.07, 6.45) is 1.33. The van der Waals surface area contributed by atoms with Crippen LogP contribution in [0.15, 0.2) is 22.7 Å². The predicted molar refractivity (Wildman–Crippen MR) is 55.7 cm³/mol. The molecule has 0 spiro atoms. The third-order valence-electron chi connectivity index (χ3n) is 1.82. The molecule has 0 unspecified atom stereocenters. The average molecular weight is 245 g/mol. The van der Waals surface area contributed by atoms with Gasteiger partial charge in [0.25, 0.3) is 0 Å². The lowest BCUT2D eigenvalue weighted by atomic mass is 10.1. The second kappa shape index (κ2) is 5.37. The van der Waals surface area contributed by atoms with Gasteiger partial charge in [0, 0.05) is 17.7 Å². The lowest BCUT2D eigenvalue weighted by molar-refractivity contribution is 0.298. The number of aliphatic hydroxyl groups is 2. The maximum absolute atomic E-state index is 8.77. The van der Waals surface area contributed by atoms with Crippen molar-refractivity contribution in [3.05, 3.63) is 33.8 Å². The molecule has 1 aromatic carbocycles. The SMILES string of the molecule is OCCc1cc(Br)cc(CCO)c1. The van der Waals surface area contributed by atoms with Crippen LogP contribution in [0.5, 0.6) is 0 Å². The summed E-state index contributed by atoms with van der Waals surface area (Å²) in [4.78, 5) is 0. The van der Waals surface area contributed by atoms with Gasteiger partial charge >= 0.3 is 0 Å². The first-order valence-corrected chi connectivity index (χ1v) is 5.05. The fourth-order valence-electron chi connectivity index (χ4n) is 1.26. The Hall–Kier alpha value is -0.380. The number of aliphatic hydroxyl groups excluding tert-OH is 2. The van der Waals surface area contributed by atoms with Crippen molar-refractivity contribution in [1.82, 2.24) is 0 Å². The Kier molecular flexibility index (Phi) is 4.42. The summed E-state index contributed by atoms with van der Waals surface area (Å²) in [5.74, 6) is 0. The number of halogens is 1. The molecule has 0 aliphatic rings. The van der Waals surface area contributed by atoms with Gasteiger partial charge in [-0.3, -0.25) is 0 Å². The van der Waals surface area contributed by atoms with Crippen molar-refractivity contribution in [2.45, 2.75) is 12.8 Å². The van der Waals surface area contributed by atoms with Crippen molar-refractivity contribution >= 4 is 15.9 Å². The molecule has 1 rings (SSSR count). The summed E-state index contributed by atoms with van der Waals surface area (Å²) in [7, 11) is 0. The Bertz CT molecular complexity index is 249. The lowest BCUT2D eigenvalue weighted by Crippen LogP contribution is -1.95. The Morgan fingerprint density at radius 1 is 0.923 bits per heavy atom. The van der Waals surface area contributed by atoms with Gasteiger partial charge in [0.2, 0.25) is 0 Å². The van der Waals surface area contributed by atoms with Crippen molar-refractivity contribution in [2.75, 3.05) is 13.2 Å². The van der Waals surface area contributed by atoms with Crippen LogP contribution in [0.3, 0.4) is 0 Å². The second-order valence-electron chi connectivity index (χ2n) is 2.91. The van der Waals surface area contributed by atoms with E-state index < -0.39 is 0 Å². The number of hydrogen-bond acceptors (Lipinski definition) is 2. The van der Waals surface area contributed by atoms with Crippen LogP contribution in [-0.2, 0) is 12.8 Å². The summed E-state index contributed by atoms with van der Waals surface area (Å²) < 4.78 is 1.00. The Morgan fingerprint density at radius 2 is 1.38 bits per heavy atom. The minimum absolute atomic E-state index is 0.162. The van der Waals surface area contributed by atoms with Crippen LogP contribution in [0, 0.1) is 0 Å². The number of rotatable bonds is 4. The second-order valence-corrected chi connectivity index (χ2v) is 3.83. The molecule has 0 heterocycles.